The lowest BCUT2D eigenvalue weighted by Gasteiger charge is -2.15. The van der Waals surface area contributed by atoms with Gasteiger partial charge in [-0.2, -0.15) is 18.2 Å². The van der Waals surface area contributed by atoms with Gasteiger partial charge in [0.2, 0.25) is 5.82 Å². The van der Waals surface area contributed by atoms with Crippen molar-refractivity contribution >= 4 is 39.9 Å². The average Bonchev–Trinajstić information content (AvgIpc) is 3.49. The largest absolute Gasteiger partial charge is 0.494 e. The number of halogens is 5. The van der Waals surface area contributed by atoms with Crippen molar-refractivity contribution in [3.63, 3.8) is 0 Å². The predicted molar refractivity (Wildman–Crippen MR) is 135 cm³/mol. The molecule has 12 heteroatoms. The number of fused-ring (bicyclic) bond motifs is 1. The van der Waals surface area contributed by atoms with E-state index in [1.165, 1.54) is 48.8 Å². The summed E-state index contributed by atoms with van der Waals surface area (Å²) in [6, 6.07) is 12.1. The molecule has 38 heavy (non-hydrogen) atoms. The topological polar surface area (TPSA) is 83.0 Å². The number of aromatic nitrogens is 4. The van der Waals surface area contributed by atoms with E-state index >= 15 is 0 Å². The first-order valence-corrected chi connectivity index (χ1v) is 12.0. The molecule has 0 atom stereocenters. The van der Waals surface area contributed by atoms with Crippen LogP contribution in [0.4, 0.5) is 13.2 Å². The Balaban J connectivity index is 1.73. The van der Waals surface area contributed by atoms with Crippen molar-refractivity contribution < 1.29 is 27.2 Å². The van der Waals surface area contributed by atoms with Gasteiger partial charge in [0.15, 0.2) is 0 Å². The predicted octanol–water partition coefficient (Wildman–Crippen LogP) is 7.09. The first-order valence-electron chi connectivity index (χ1n) is 11.3. The van der Waals surface area contributed by atoms with Crippen LogP contribution in [0.3, 0.4) is 0 Å². The Morgan fingerprint density at radius 2 is 1.95 bits per heavy atom. The fourth-order valence-corrected chi connectivity index (χ4v) is 4.60. The van der Waals surface area contributed by atoms with E-state index in [4.69, 9.17) is 32.5 Å². The van der Waals surface area contributed by atoms with Crippen molar-refractivity contribution in [3.8, 4) is 17.1 Å². The summed E-state index contributed by atoms with van der Waals surface area (Å²) in [4.78, 5) is 21.6. The zero-order valence-electron chi connectivity index (χ0n) is 19.6. The lowest BCUT2D eigenvalue weighted by molar-refractivity contribution is -0.143. The summed E-state index contributed by atoms with van der Waals surface area (Å²) in [7, 11) is 0. The van der Waals surface area contributed by atoms with Crippen molar-refractivity contribution in [2.75, 3.05) is 6.61 Å². The monoisotopic (exact) mass is 560 g/mol. The van der Waals surface area contributed by atoms with Crippen LogP contribution >= 0.6 is 23.2 Å². The van der Waals surface area contributed by atoms with E-state index < -0.39 is 29.1 Å². The first kappa shape index (κ1) is 25.7. The van der Waals surface area contributed by atoms with Gasteiger partial charge in [-0.3, -0.25) is 9.78 Å². The molecule has 5 aromatic rings. The van der Waals surface area contributed by atoms with Gasteiger partial charge in [0.25, 0.3) is 11.7 Å². The first-order chi connectivity index (χ1) is 18.2. The average molecular weight is 561 g/mol. The molecule has 0 saturated carbocycles. The van der Waals surface area contributed by atoms with Crippen LogP contribution in [0.15, 0.2) is 65.4 Å². The number of pyridine rings is 1. The van der Waals surface area contributed by atoms with Crippen LogP contribution in [0.5, 0.6) is 5.75 Å². The van der Waals surface area contributed by atoms with E-state index in [1.54, 1.807) is 19.1 Å². The van der Waals surface area contributed by atoms with Crippen molar-refractivity contribution in [1.82, 2.24) is 19.7 Å². The number of carbonyl (C=O) groups is 1. The van der Waals surface area contributed by atoms with Crippen molar-refractivity contribution in [2.45, 2.75) is 19.6 Å². The molecule has 5 rings (SSSR count). The van der Waals surface area contributed by atoms with E-state index in [-0.39, 0.29) is 34.9 Å². The van der Waals surface area contributed by atoms with Crippen molar-refractivity contribution in [1.29, 1.82) is 0 Å². The molecule has 0 aliphatic carbocycles. The molecular weight excluding hydrogens is 544 g/mol. The zero-order valence-corrected chi connectivity index (χ0v) is 21.1. The molecule has 0 unspecified atom stereocenters. The minimum absolute atomic E-state index is 0.0134. The van der Waals surface area contributed by atoms with E-state index in [2.05, 4.69) is 15.1 Å². The Bertz CT molecular complexity index is 1650. The third-order valence-corrected chi connectivity index (χ3v) is 6.31. The van der Waals surface area contributed by atoms with E-state index in [9.17, 15) is 18.0 Å². The van der Waals surface area contributed by atoms with Gasteiger partial charge in [-0.05, 0) is 55.0 Å². The summed E-state index contributed by atoms with van der Waals surface area (Å²) >= 11 is 12.3. The molecule has 0 saturated heterocycles. The van der Waals surface area contributed by atoms with E-state index in [1.807, 2.05) is 0 Å². The smallest absolute Gasteiger partial charge is 0.432 e. The summed E-state index contributed by atoms with van der Waals surface area (Å²) in [6.45, 7) is 1.73. The minimum atomic E-state index is -4.93. The third kappa shape index (κ3) is 4.84. The van der Waals surface area contributed by atoms with Gasteiger partial charge in [-0.15, -0.1) is 0 Å². The number of ether oxygens (including phenoxy) is 1. The highest BCUT2D eigenvalue weighted by Gasteiger charge is 2.42. The highest BCUT2D eigenvalue weighted by Crippen LogP contribution is 2.41. The van der Waals surface area contributed by atoms with Gasteiger partial charge >= 0.3 is 6.18 Å². The minimum Gasteiger partial charge on any atom is -0.494 e. The number of nitrogens with zero attached hydrogens (tertiary/aromatic N) is 4. The second kappa shape index (κ2) is 10.1. The maximum Gasteiger partial charge on any atom is 0.432 e. The molecule has 2 aromatic carbocycles. The lowest BCUT2D eigenvalue weighted by atomic mass is 10.1. The normalized spacial score (nSPS) is 11.7. The van der Waals surface area contributed by atoms with Crippen LogP contribution in [0.1, 0.15) is 34.4 Å². The maximum absolute atomic E-state index is 14.7. The number of alkyl halides is 3. The molecule has 194 valence electrons. The van der Waals surface area contributed by atoms with Crippen LogP contribution < -0.4 is 4.74 Å². The Morgan fingerprint density at radius 3 is 2.63 bits per heavy atom. The van der Waals surface area contributed by atoms with E-state index in [0.29, 0.717) is 21.9 Å². The van der Waals surface area contributed by atoms with Crippen LogP contribution in [0.25, 0.3) is 22.3 Å². The number of rotatable bonds is 7. The second-order valence-electron chi connectivity index (χ2n) is 8.15. The Kier molecular flexibility index (Phi) is 6.85. The second-order valence-corrected chi connectivity index (χ2v) is 8.99. The molecule has 0 N–H and O–H groups in total. The van der Waals surface area contributed by atoms with Crippen molar-refractivity contribution in [3.05, 3.63) is 93.7 Å². The van der Waals surface area contributed by atoms with Crippen molar-refractivity contribution in [2.24, 2.45) is 0 Å². The molecular formula is C26H17Cl2F3N4O3. The molecule has 0 aliphatic heterocycles. The fourth-order valence-electron chi connectivity index (χ4n) is 4.13. The Labute approximate surface area is 223 Å². The fraction of sp³-hybridized carbons (Fsp3) is 0.154. The van der Waals surface area contributed by atoms with Gasteiger partial charge in [0, 0.05) is 45.5 Å². The Hall–Kier alpha value is -3.89. The van der Waals surface area contributed by atoms with Crippen LogP contribution in [0, 0.1) is 0 Å². The Morgan fingerprint density at radius 1 is 1.13 bits per heavy atom. The van der Waals surface area contributed by atoms with Gasteiger partial charge in [-0.25, -0.2) is 0 Å². The third-order valence-electron chi connectivity index (χ3n) is 5.73. The summed E-state index contributed by atoms with van der Waals surface area (Å²) in [5, 5.41) is 4.29. The van der Waals surface area contributed by atoms with Crippen LogP contribution in [-0.4, -0.2) is 32.1 Å². The lowest BCUT2D eigenvalue weighted by Crippen LogP contribution is -2.19. The van der Waals surface area contributed by atoms with Gasteiger partial charge < -0.3 is 13.8 Å². The molecule has 0 spiro atoms. The summed E-state index contributed by atoms with van der Waals surface area (Å²) < 4.78 is 55.6. The molecule has 3 aromatic heterocycles. The highest BCUT2D eigenvalue weighted by molar-refractivity contribution is 6.35. The summed E-state index contributed by atoms with van der Waals surface area (Å²) in [6.07, 6.45) is -1.96. The van der Waals surface area contributed by atoms with Gasteiger partial charge in [-0.1, -0.05) is 34.4 Å². The number of carbonyl (C=O) groups excluding carboxylic acids is 1. The molecule has 0 bridgehead atoms. The van der Waals surface area contributed by atoms with E-state index in [0.717, 1.165) is 4.57 Å². The quantitative estimate of drug-likeness (QED) is 0.197. The van der Waals surface area contributed by atoms with Crippen LogP contribution in [-0.2, 0) is 12.7 Å². The number of benzene rings is 2. The molecule has 0 radical (unpaired) electrons. The molecule has 3 heterocycles. The number of hydrogen-bond donors (Lipinski definition) is 0. The number of hydrogen-bond acceptors (Lipinski definition) is 6. The molecule has 7 nitrogen and oxygen atoms in total. The maximum atomic E-state index is 14.7. The zero-order chi connectivity index (χ0) is 27.0. The number of ketones is 1. The van der Waals surface area contributed by atoms with Gasteiger partial charge in [0.1, 0.15) is 11.4 Å². The molecule has 0 aliphatic rings. The highest BCUT2D eigenvalue weighted by atomic mass is 35.5. The summed E-state index contributed by atoms with van der Waals surface area (Å²) in [5.74, 6) is -1.37. The van der Waals surface area contributed by atoms with Crippen LogP contribution in [0.2, 0.25) is 10.0 Å². The molecule has 0 amide bonds. The SMILES string of the molecule is CCOc1ccc2c(c1)c(C(=O)c1nc(-c3cccnc3)no1)c(C(F)(F)F)n2Cc1ccc(Cl)cc1Cl. The molecule has 0 fully saturated rings. The summed E-state index contributed by atoms with van der Waals surface area (Å²) in [5.41, 5.74) is -0.867. The standard InChI is InChI=1S/C26H17Cl2F3N4O3/c1-2-37-17-7-8-20-18(11-17)21(22(36)25-33-24(34-38-25)14-4-3-9-32-12-14)23(26(29,30)31)35(20)13-15-5-6-16(27)10-19(15)28/h3-12H,2,13H2,1H3. The van der Waals surface area contributed by atoms with Gasteiger partial charge in [0.05, 0.1) is 12.2 Å².